The maximum absolute atomic E-state index is 11.4. The Morgan fingerprint density at radius 2 is 2.05 bits per heavy atom. The van der Waals surface area contributed by atoms with Gasteiger partial charge in [-0.05, 0) is 38.1 Å². The lowest BCUT2D eigenvalue weighted by molar-refractivity contribution is -0.130. The summed E-state index contributed by atoms with van der Waals surface area (Å²) in [7, 11) is 0. The van der Waals surface area contributed by atoms with Crippen LogP contribution in [0.5, 0.6) is 0 Å². The van der Waals surface area contributed by atoms with Crippen molar-refractivity contribution in [3.8, 4) is 0 Å². The first-order valence-corrected chi connectivity index (χ1v) is 8.17. The zero-order valence-electron chi connectivity index (χ0n) is 12.9. The van der Waals surface area contributed by atoms with Crippen LogP contribution in [0.25, 0.3) is 0 Å². The van der Waals surface area contributed by atoms with E-state index in [1.165, 1.54) is 25.9 Å². The van der Waals surface area contributed by atoms with Crippen LogP contribution in [0.4, 0.5) is 0 Å². The Morgan fingerprint density at radius 1 is 1.24 bits per heavy atom. The van der Waals surface area contributed by atoms with Crippen molar-refractivity contribution >= 4 is 5.91 Å². The summed E-state index contributed by atoms with van der Waals surface area (Å²) in [6.07, 6.45) is 10.7. The number of likely N-dealkylation sites (tertiary alicyclic amines) is 2. The van der Waals surface area contributed by atoms with Crippen molar-refractivity contribution in [2.24, 2.45) is 5.92 Å². The molecule has 0 unspecified atom stereocenters. The largest absolute Gasteiger partial charge is 0.343 e. The number of hydrogen-bond acceptors (Lipinski definition) is 3. The summed E-state index contributed by atoms with van der Waals surface area (Å²) in [4.78, 5) is 20.2. The van der Waals surface area contributed by atoms with E-state index in [9.17, 15) is 4.79 Å². The van der Waals surface area contributed by atoms with Gasteiger partial charge in [0.1, 0.15) is 0 Å². The molecule has 0 N–H and O–H groups in total. The van der Waals surface area contributed by atoms with Crippen LogP contribution in [0.15, 0.2) is 18.7 Å². The summed E-state index contributed by atoms with van der Waals surface area (Å²) < 4.78 is 2.20. The lowest BCUT2D eigenvalue weighted by atomic mass is 9.93. The molecule has 0 bridgehead atoms. The summed E-state index contributed by atoms with van der Waals surface area (Å²) in [6.45, 7) is 7.06. The second-order valence-corrected chi connectivity index (χ2v) is 6.50. The third-order valence-corrected chi connectivity index (χ3v) is 5.00. The summed E-state index contributed by atoms with van der Waals surface area (Å²) in [5, 5.41) is 0. The molecule has 0 aromatic carbocycles. The average Bonchev–Trinajstić information content (AvgIpc) is 3.00. The van der Waals surface area contributed by atoms with Gasteiger partial charge in [0, 0.05) is 51.5 Å². The molecule has 1 aromatic heterocycles. The minimum atomic E-state index is 0.227. The fourth-order valence-corrected chi connectivity index (χ4v) is 3.82. The van der Waals surface area contributed by atoms with E-state index in [0.717, 1.165) is 38.4 Å². The van der Waals surface area contributed by atoms with Crippen LogP contribution in [0.3, 0.4) is 0 Å². The first-order chi connectivity index (χ1) is 10.2. The van der Waals surface area contributed by atoms with Gasteiger partial charge < -0.3 is 9.47 Å². The Bertz CT molecular complexity index is 451. The van der Waals surface area contributed by atoms with Gasteiger partial charge in [-0.1, -0.05) is 0 Å². The minimum absolute atomic E-state index is 0.227. The van der Waals surface area contributed by atoms with Crippen molar-refractivity contribution < 1.29 is 4.79 Å². The number of carbonyl (C=O) groups is 1. The van der Waals surface area contributed by atoms with E-state index < -0.39 is 0 Å². The van der Waals surface area contributed by atoms with Crippen molar-refractivity contribution in [2.45, 2.75) is 45.2 Å². The number of nitrogens with zero attached hydrogens (tertiary/aromatic N) is 4. The molecular weight excluding hydrogens is 264 g/mol. The Kier molecular flexibility index (Phi) is 4.58. The standard InChI is InChI=1S/C16H26N4O/c1-14(21)19-8-4-16(5-9-19)20-7-2-3-15(12-20)11-18-10-6-17-13-18/h6,10,13,15-16H,2-5,7-9,11-12H2,1H3/t15-/m0/s1. The Morgan fingerprint density at radius 3 is 2.71 bits per heavy atom. The van der Waals surface area contributed by atoms with Crippen LogP contribution in [0.2, 0.25) is 0 Å². The number of imidazole rings is 1. The van der Waals surface area contributed by atoms with E-state index in [1.54, 1.807) is 6.92 Å². The van der Waals surface area contributed by atoms with Crippen LogP contribution in [0.1, 0.15) is 32.6 Å². The molecule has 0 aliphatic carbocycles. The number of hydrogen-bond donors (Lipinski definition) is 0. The van der Waals surface area contributed by atoms with E-state index in [-0.39, 0.29) is 5.91 Å². The smallest absolute Gasteiger partial charge is 0.219 e. The first-order valence-electron chi connectivity index (χ1n) is 8.17. The second kappa shape index (κ2) is 6.60. The minimum Gasteiger partial charge on any atom is -0.343 e. The predicted molar refractivity (Wildman–Crippen MR) is 81.8 cm³/mol. The van der Waals surface area contributed by atoms with Crippen LogP contribution in [-0.4, -0.2) is 57.5 Å². The molecule has 2 fully saturated rings. The topological polar surface area (TPSA) is 41.4 Å². The lowest BCUT2D eigenvalue weighted by Gasteiger charge is -2.42. The summed E-state index contributed by atoms with van der Waals surface area (Å²) >= 11 is 0. The molecule has 21 heavy (non-hydrogen) atoms. The third-order valence-electron chi connectivity index (χ3n) is 5.00. The van der Waals surface area contributed by atoms with E-state index in [2.05, 4.69) is 20.6 Å². The molecule has 3 heterocycles. The molecule has 2 aliphatic heterocycles. The summed E-state index contributed by atoms with van der Waals surface area (Å²) in [5.41, 5.74) is 0. The number of piperidine rings is 2. The van der Waals surface area contributed by atoms with Gasteiger partial charge in [0.15, 0.2) is 0 Å². The second-order valence-electron chi connectivity index (χ2n) is 6.50. The molecule has 2 aliphatic rings. The molecule has 1 aromatic rings. The summed E-state index contributed by atoms with van der Waals surface area (Å²) in [5.74, 6) is 0.962. The van der Waals surface area contributed by atoms with Gasteiger partial charge in [0.2, 0.25) is 5.91 Å². The van der Waals surface area contributed by atoms with Crippen molar-refractivity contribution in [1.29, 1.82) is 0 Å². The number of amides is 1. The molecule has 5 nitrogen and oxygen atoms in total. The average molecular weight is 290 g/mol. The Balaban J connectivity index is 1.51. The van der Waals surface area contributed by atoms with Gasteiger partial charge in [-0.25, -0.2) is 4.98 Å². The third kappa shape index (κ3) is 3.64. The molecule has 0 radical (unpaired) electrons. The van der Waals surface area contributed by atoms with Crippen molar-refractivity contribution in [3.05, 3.63) is 18.7 Å². The van der Waals surface area contributed by atoms with Gasteiger partial charge in [-0.2, -0.15) is 0 Å². The normalized spacial score (nSPS) is 25.2. The van der Waals surface area contributed by atoms with Crippen LogP contribution < -0.4 is 0 Å². The highest BCUT2D eigenvalue weighted by atomic mass is 16.2. The zero-order valence-corrected chi connectivity index (χ0v) is 12.9. The molecule has 3 rings (SSSR count). The Hall–Kier alpha value is -1.36. The quantitative estimate of drug-likeness (QED) is 0.849. The van der Waals surface area contributed by atoms with Crippen molar-refractivity contribution in [2.75, 3.05) is 26.2 Å². The fourth-order valence-electron chi connectivity index (χ4n) is 3.82. The number of carbonyl (C=O) groups excluding carboxylic acids is 1. The summed E-state index contributed by atoms with van der Waals surface area (Å²) in [6, 6.07) is 0.672. The van der Waals surface area contributed by atoms with Gasteiger partial charge in [0.05, 0.1) is 6.33 Å². The number of rotatable bonds is 3. The maximum atomic E-state index is 11.4. The highest BCUT2D eigenvalue weighted by Crippen LogP contribution is 2.24. The van der Waals surface area contributed by atoms with E-state index in [1.807, 2.05) is 17.4 Å². The van der Waals surface area contributed by atoms with E-state index in [0.29, 0.717) is 6.04 Å². The van der Waals surface area contributed by atoms with Gasteiger partial charge in [-0.3, -0.25) is 9.69 Å². The SMILES string of the molecule is CC(=O)N1CCC(N2CCC[C@@H](Cn3ccnc3)C2)CC1. The highest BCUT2D eigenvalue weighted by molar-refractivity contribution is 5.73. The molecule has 0 spiro atoms. The van der Waals surface area contributed by atoms with Crippen LogP contribution in [0, 0.1) is 5.92 Å². The highest BCUT2D eigenvalue weighted by Gasteiger charge is 2.29. The monoisotopic (exact) mass is 290 g/mol. The molecule has 116 valence electrons. The number of aromatic nitrogens is 2. The van der Waals surface area contributed by atoms with Crippen LogP contribution in [-0.2, 0) is 11.3 Å². The molecular formula is C16H26N4O. The maximum Gasteiger partial charge on any atom is 0.219 e. The molecule has 0 saturated carbocycles. The van der Waals surface area contributed by atoms with Gasteiger partial charge in [-0.15, -0.1) is 0 Å². The lowest BCUT2D eigenvalue weighted by Crippen LogP contribution is -2.49. The van der Waals surface area contributed by atoms with Crippen molar-refractivity contribution in [1.82, 2.24) is 19.4 Å². The predicted octanol–water partition coefficient (Wildman–Crippen LogP) is 1.61. The van der Waals surface area contributed by atoms with Crippen molar-refractivity contribution in [3.63, 3.8) is 0 Å². The first kappa shape index (κ1) is 14.6. The van der Waals surface area contributed by atoms with E-state index >= 15 is 0 Å². The molecule has 5 heteroatoms. The Labute approximate surface area is 126 Å². The molecule has 2 saturated heterocycles. The molecule has 1 atom stereocenters. The van der Waals surface area contributed by atoms with Gasteiger partial charge >= 0.3 is 0 Å². The molecule has 1 amide bonds. The van der Waals surface area contributed by atoms with Gasteiger partial charge in [0.25, 0.3) is 0 Å². The van der Waals surface area contributed by atoms with Crippen LogP contribution >= 0.6 is 0 Å². The fraction of sp³-hybridized carbons (Fsp3) is 0.750. The van der Waals surface area contributed by atoms with E-state index in [4.69, 9.17) is 0 Å². The zero-order chi connectivity index (χ0) is 14.7.